The van der Waals surface area contributed by atoms with Gasteiger partial charge in [0.1, 0.15) is 5.75 Å². The number of ether oxygens (including phenoxy) is 2. The van der Waals surface area contributed by atoms with E-state index in [9.17, 15) is 4.79 Å². The van der Waals surface area contributed by atoms with E-state index in [4.69, 9.17) is 9.47 Å². The maximum absolute atomic E-state index is 11.5. The minimum atomic E-state index is -0.162. The molecule has 1 aromatic rings. The predicted molar refractivity (Wildman–Crippen MR) is 84.2 cm³/mol. The van der Waals surface area contributed by atoms with Crippen LogP contribution in [0, 0.1) is 6.92 Å². The number of carbonyl (C=O) groups is 1. The Bertz CT molecular complexity index is 553. The fourth-order valence-electron chi connectivity index (χ4n) is 3.29. The van der Waals surface area contributed by atoms with Gasteiger partial charge in [-0.3, -0.25) is 9.69 Å². The Morgan fingerprint density at radius 1 is 1.36 bits per heavy atom. The van der Waals surface area contributed by atoms with Crippen LogP contribution >= 0.6 is 0 Å². The van der Waals surface area contributed by atoms with Gasteiger partial charge in [0.2, 0.25) is 0 Å². The first-order chi connectivity index (χ1) is 10.7. The molecule has 1 saturated heterocycles. The number of esters is 1. The van der Waals surface area contributed by atoms with Gasteiger partial charge in [0.15, 0.2) is 0 Å². The smallest absolute Gasteiger partial charge is 0.315 e. The maximum atomic E-state index is 11.5. The van der Waals surface area contributed by atoms with Gasteiger partial charge in [-0.1, -0.05) is 6.07 Å². The molecular weight excluding hydrogens is 280 g/mol. The Kier molecular flexibility index (Phi) is 4.76. The van der Waals surface area contributed by atoms with Crippen LogP contribution in [0.15, 0.2) is 12.1 Å². The molecule has 1 N–H and O–H groups in total. The van der Waals surface area contributed by atoms with Crippen molar-refractivity contribution in [2.75, 3.05) is 39.3 Å². The van der Waals surface area contributed by atoms with E-state index in [2.05, 4.69) is 23.2 Å². The molecule has 0 saturated carbocycles. The van der Waals surface area contributed by atoms with Crippen molar-refractivity contribution in [2.24, 2.45) is 0 Å². The van der Waals surface area contributed by atoms with Crippen LogP contribution in [-0.2, 0) is 16.0 Å². The van der Waals surface area contributed by atoms with Crippen molar-refractivity contribution >= 4 is 5.97 Å². The minimum Gasteiger partial charge on any atom is -0.426 e. The molecule has 0 amide bonds. The van der Waals surface area contributed by atoms with Crippen molar-refractivity contribution in [3.8, 4) is 5.75 Å². The molecule has 1 aromatic carbocycles. The Balaban J connectivity index is 1.82. The second kappa shape index (κ2) is 6.77. The van der Waals surface area contributed by atoms with Crippen molar-refractivity contribution in [1.82, 2.24) is 10.2 Å². The van der Waals surface area contributed by atoms with Crippen molar-refractivity contribution in [3.63, 3.8) is 0 Å². The molecule has 2 aliphatic heterocycles. The summed E-state index contributed by atoms with van der Waals surface area (Å²) in [6.45, 7) is 9.84. The fraction of sp³-hybridized carbons (Fsp3) is 0.588. The lowest BCUT2D eigenvalue weighted by molar-refractivity contribution is -0.131. The monoisotopic (exact) mass is 304 g/mol. The maximum Gasteiger partial charge on any atom is 0.315 e. The van der Waals surface area contributed by atoms with Gasteiger partial charge in [-0.15, -0.1) is 0 Å². The highest BCUT2D eigenvalue weighted by Crippen LogP contribution is 2.34. The van der Waals surface area contributed by atoms with Gasteiger partial charge in [0, 0.05) is 44.9 Å². The van der Waals surface area contributed by atoms with E-state index in [0.29, 0.717) is 18.8 Å². The van der Waals surface area contributed by atoms with Crippen molar-refractivity contribution in [1.29, 1.82) is 0 Å². The summed E-state index contributed by atoms with van der Waals surface area (Å²) in [5.74, 6) is 0.550. The lowest BCUT2D eigenvalue weighted by Crippen LogP contribution is -2.45. The zero-order valence-electron chi connectivity index (χ0n) is 13.4. The average Bonchev–Trinajstić information content (AvgIpc) is 2.90. The normalized spacial score (nSPS) is 19.8. The van der Waals surface area contributed by atoms with Crippen LogP contribution in [0.5, 0.6) is 5.75 Å². The zero-order chi connectivity index (χ0) is 15.5. The number of rotatable bonds is 5. The van der Waals surface area contributed by atoms with Gasteiger partial charge in [-0.2, -0.15) is 0 Å². The van der Waals surface area contributed by atoms with Gasteiger partial charge in [-0.25, -0.2) is 0 Å². The number of piperazine rings is 1. The summed E-state index contributed by atoms with van der Waals surface area (Å²) in [5.41, 5.74) is 3.34. The molecular formula is C17H24N2O3. The van der Waals surface area contributed by atoms with Gasteiger partial charge in [0.05, 0.1) is 12.5 Å². The molecule has 0 aromatic heterocycles. The Morgan fingerprint density at radius 2 is 2.14 bits per heavy atom. The van der Waals surface area contributed by atoms with E-state index in [0.717, 1.165) is 43.9 Å². The first-order valence-corrected chi connectivity index (χ1v) is 8.06. The van der Waals surface area contributed by atoms with Crippen LogP contribution in [-0.4, -0.2) is 50.2 Å². The quantitative estimate of drug-likeness (QED) is 0.659. The lowest BCUT2D eigenvalue weighted by atomic mass is 9.96. The lowest BCUT2D eigenvalue weighted by Gasteiger charge is -2.31. The topological polar surface area (TPSA) is 50.8 Å². The molecule has 0 spiro atoms. The van der Waals surface area contributed by atoms with E-state index in [1.807, 2.05) is 13.0 Å². The number of benzene rings is 1. The van der Waals surface area contributed by atoms with E-state index in [-0.39, 0.29) is 12.1 Å². The number of carbonyl (C=O) groups excluding carboxylic acids is 1. The molecule has 2 heterocycles. The summed E-state index contributed by atoms with van der Waals surface area (Å²) < 4.78 is 11.2. The Morgan fingerprint density at radius 3 is 2.86 bits per heavy atom. The van der Waals surface area contributed by atoms with Crippen LogP contribution in [0.4, 0.5) is 0 Å². The molecule has 2 aliphatic rings. The molecule has 1 unspecified atom stereocenters. The number of nitrogens with one attached hydrogen (secondary N) is 1. The minimum absolute atomic E-state index is 0.0455. The average molecular weight is 304 g/mol. The number of hydrogen-bond acceptors (Lipinski definition) is 5. The van der Waals surface area contributed by atoms with E-state index in [1.54, 1.807) is 0 Å². The Hall–Kier alpha value is -1.43. The summed E-state index contributed by atoms with van der Waals surface area (Å²) in [4.78, 5) is 13.9. The molecule has 0 bridgehead atoms. The molecule has 5 nitrogen and oxygen atoms in total. The highest BCUT2D eigenvalue weighted by molar-refractivity contribution is 5.82. The van der Waals surface area contributed by atoms with Crippen LogP contribution < -0.4 is 10.1 Å². The largest absolute Gasteiger partial charge is 0.426 e. The van der Waals surface area contributed by atoms with Crippen LogP contribution in [0.25, 0.3) is 0 Å². The molecule has 0 aliphatic carbocycles. The molecule has 0 radical (unpaired) electrons. The highest BCUT2D eigenvalue weighted by Gasteiger charge is 2.27. The summed E-state index contributed by atoms with van der Waals surface area (Å²) in [5, 5.41) is 3.37. The zero-order valence-corrected chi connectivity index (χ0v) is 13.4. The molecule has 3 rings (SSSR count). The molecule has 1 fully saturated rings. The molecule has 1 atom stereocenters. The standard InChI is InChI=1S/C17H24N2O3/c1-3-21-16(11-19-8-6-18-7-9-19)13-4-5-15-14(12(13)2)10-17(20)22-15/h4-5,16,18H,3,6-11H2,1-2H3. The number of hydrogen-bond donors (Lipinski definition) is 1. The number of nitrogens with zero attached hydrogens (tertiary/aromatic N) is 1. The van der Waals surface area contributed by atoms with Gasteiger partial charge < -0.3 is 14.8 Å². The van der Waals surface area contributed by atoms with Crippen LogP contribution in [0.2, 0.25) is 0 Å². The summed E-state index contributed by atoms with van der Waals surface area (Å²) in [6.07, 6.45) is 0.422. The van der Waals surface area contributed by atoms with Crippen molar-refractivity contribution in [3.05, 3.63) is 28.8 Å². The van der Waals surface area contributed by atoms with E-state index >= 15 is 0 Å². The fourth-order valence-corrected chi connectivity index (χ4v) is 3.29. The summed E-state index contributed by atoms with van der Waals surface area (Å²) in [7, 11) is 0. The predicted octanol–water partition coefficient (Wildman–Crippen LogP) is 1.44. The second-order valence-corrected chi connectivity index (χ2v) is 5.90. The highest BCUT2D eigenvalue weighted by atomic mass is 16.5. The van der Waals surface area contributed by atoms with Crippen molar-refractivity contribution < 1.29 is 14.3 Å². The van der Waals surface area contributed by atoms with Crippen LogP contribution in [0.1, 0.15) is 29.7 Å². The third-order valence-corrected chi connectivity index (χ3v) is 4.49. The van der Waals surface area contributed by atoms with E-state index in [1.165, 1.54) is 5.56 Å². The molecule has 22 heavy (non-hydrogen) atoms. The summed E-state index contributed by atoms with van der Waals surface area (Å²) >= 11 is 0. The van der Waals surface area contributed by atoms with Gasteiger partial charge >= 0.3 is 5.97 Å². The first-order valence-electron chi connectivity index (χ1n) is 8.06. The first kappa shape index (κ1) is 15.5. The third kappa shape index (κ3) is 3.16. The van der Waals surface area contributed by atoms with Gasteiger partial charge in [0.25, 0.3) is 0 Å². The van der Waals surface area contributed by atoms with Gasteiger partial charge in [-0.05, 0) is 31.0 Å². The SMILES string of the molecule is CCOC(CN1CCNCC1)c1ccc2c(c1C)CC(=O)O2. The Labute approximate surface area is 131 Å². The van der Waals surface area contributed by atoms with Crippen LogP contribution in [0.3, 0.4) is 0 Å². The second-order valence-electron chi connectivity index (χ2n) is 5.90. The molecule has 120 valence electrons. The van der Waals surface area contributed by atoms with E-state index < -0.39 is 0 Å². The molecule has 5 heteroatoms. The number of fused-ring (bicyclic) bond motifs is 1. The van der Waals surface area contributed by atoms with Crippen molar-refractivity contribution in [2.45, 2.75) is 26.4 Å². The third-order valence-electron chi connectivity index (χ3n) is 4.49. The summed E-state index contributed by atoms with van der Waals surface area (Å²) in [6, 6.07) is 3.96.